The van der Waals surface area contributed by atoms with Crippen LogP contribution < -0.4 is 0 Å². The molecule has 1 rings (SSSR count). The second-order valence-corrected chi connectivity index (χ2v) is 5.04. The predicted molar refractivity (Wildman–Crippen MR) is 84.4 cm³/mol. The van der Waals surface area contributed by atoms with Crippen LogP contribution in [0.4, 0.5) is 0 Å². The van der Waals surface area contributed by atoms with Crippen molar-refractivity contribution in [2.75, 3.05) is 13.2 Å². The van der Waals surface area contributed by atoms with Crippen LogP contribution in [0.1, 0.15) is 25.7 Å². The van der Waals surface area contributed by atoms with Crippen LogP contribution in [0.25, 0.3) is 0 Å². The Labute approximate surface area is 140 Å². The Balaban J connectivity index is 0. The van der Waals surface area contributed by atoms with Crippen molar-refractivity contribution in [1.29, 1.82) is 10.5 Å². The molecule has 0 aromatic rings. The molecule has 8 nitrogen and oxygen atoms in total. The normalized spacial score (nSPS) is 18.2. The molecule has 4 N–H and O–H groups in total. The fourth-order valence-corrected chi connectivity index (χ4v) is 1.69. The van der Waals surface area contributed by atoms with E-state index in [1.165, 1.54) is 12.1 Å². The summed E-state index contributed by atoms with van der Waals surface area (Å²) in [7, 11) is 0. The molecule has 0 aliphatic heterocycles. The minimum Gasteiger partial charge on any atom is -0.477 e. The van der Waals surface area contributed by atoms with Crippen LogP contribution in [-0.2, 0) is 9.59 Å². The molecule has 0 radical (unpaired) electrons. The minimum absolute atomic E-state index is 0.331. The number of aliphatic carboxylic acids is 2. The summed E-state index contributed by atoms with van der Waals surface area (Å²) in [6.45, 7) is 6.49. The number of aliphatic hydroxyl groups is 2. The van der Waals surface area contributed by atoms with Gasteiger partial charge >= 0.3 is 11.9 Å². The summed E-state index contributed by atoms with van der Waals surface area (Å²) in [6.07, 6.45) is 4.40. The summed E-state index contributed by atoms with van der Waals surface area (Å²) in [5, 5.41) is 48.8. The molecule has 0 spiro atoms. The molecule has 0 unspecified atom stereocenters. The largest absolute Gasteiger partial charge is 0.477 e. The molecule has 0 aromatic heterocycles. The average Bonchev–Trinajstić information content (AvgIpc) is 2.61. The van der Waals surface area contributed by atoms with Crippen molar-refractivity contribution in [1.82, 2.24) is 0 Å². The van der Waals surface area contributed by atoms with Crippen LogP contribution in [0.5, 0.6) is 0 Å². The summed E-state index contributed by atoms with van der Waals surface area (Å²) >= 11 is 0. The van der Waals surface area contributed by atoms with E-state index in [0.29, 0.717) is 25.0 Å². The monoisotopic (exact) mass is 338 g/mol. The van der Waals surface area contributed by atoms with Crippen LogP contribution in [0.15, 0.2) is 24.3 Å². The van der Waals surface area contributed by atoms with E-state index < -0.39 is 23.1 Å². The van der Waals surface area contributed by atoms with E-state index >= 15 is 0 Å². The topological polar surface area (TPSA) is 163 Å². The number of carbonyl (C=O) groups is 2. The number of nitrogens with zero attached hydrogens (tertiary/aromatic N) is 2. The second-order valence-electron chi connectivity index (χ2n) is 5.04. The van der Waals surface area contributed by atoms with Gasteiger partial charge in [0.05, 0.1) is 0 Å². The molecule has 1 fully saturated rings. The molecule has 24 heavy (non-hydrogen) atoms. The van der Waals surface area contributed by atoms with Gasteiger partial charge in [0, 0.05) is 13.2 Å². The lowest BCUT2D eigenvalue weighted by Gasteiger charge is -2.25. The predicted octanol–water partition coefficient (Wildman–Crippen LogP) is 1.08. The maximum Gasteiger partial charge on any atom is 0.345 e. The standard InChI is InChI=1S/C8H16O2.2C4H3NO2/c9-5-7-1-2-8(6-10)4-3-7;2*1-3(2-5)4(6)7/h7-10H,1-6H2;2*1H2,(H,6,7). The highest BCUT2D eigenvalue weighted by atomic mass is 16.4. The van der Waals surface area contributed by atoms with Gasteiger partial charge in [-0.25, -0.2) is 9.59 Å². The van der Waals surface area contributed by atoms with Crippen LogP contribution in [0, 0.1) is 34.5 Å². The molecule has 0 amide bonds. The number of rotatable bonds is 4. The van der Waals surface area contributed by atoms with Crippen LogP contribution in [0.2, 0.25) is 0 Å². The van der Waals surface area contributed by atoms with Gasteiger partial charge in [0.25, 0.3) is 0 Å². The van der Waals surface area contributed by atoms with E-state index in [1.807, 2.05) is 0 Å². The summed E-state index contributed by atoms with van der Waals surface area (Å²) < 4.78 is 0. The third kappa shape index (κ3) is 11.9. The van der Waals surface area contributed by atoms with Gasteiger partial charge in [-0.05, 0) is 37.5 Å². The van der Waals surface area contributed by atoms with Gasteiger partial charge in [-0.15, -0.1) is 0 Å². The summed E-state index contributed by atoms with van der Waals surface area (Å²) in [4.78, 5) is 19.2. The van der Waals surface area contributed by atoms with Gasteiger partial charge in [0.2, 0.25) is 0 Å². The first-order chi connectivity index (χ1) is 11.2. The molecule has 0 saturated heterocycles. The number of carboxylic acid groups (broad SMARTS) is 2. The summed E-state index contributed by atoms with van der Waals surface area (Å²) in [5.74, 6) is -1.49. The van der Waals surface area contributed by atoms with Gasteiger partial charge in [0.1, 0.15) is 23.3 Å². The van der Waals surface area contributed by atoms with Gasteiger partial charge in [-0.1, -0.05) is 13.2 Å². The first-order valence-corrected chi connectivity index (χ1v) is 7.09. The fraction of sp³-hybridized carbons (Fsp3) is 0.500. The van der Waals surface area contributed by atoms with Gasteiger partial charge in [-0.2, -0.15) is 10.5 Å². The van der Waals surface area contributed by atoms with Gasteiger partial charge in [0.15, 0.2) is 0 Å². The van der Waals surface area contributed by atoms with Crippen molar-refractivity contribution in [2.24, 2.45) is 11.8 Å². The molecule has 0 atom stereocenters. The van der Waals surface area contributed by atoms with Crippen LogP contribution in [-0.4, -0.2) is 45.6 Å². The maximum absolute atomic E-state index is 9.61. The lowest BCUT2D eigenvalue weighted by atomic mass is 9.83. The van der Waals surface area contributed by atoms with E-state index in [-0.39, 0.29) is 0 Å². The fourth-order valence-electron chi connectivity index (χ4n) is 1.69. The molecule has 0 bridgehead atoms. The van der Waals surface area contributed by atoms with E-state index in [9.17, 15) is 9.59 Å². The van der Waals surface area contributed by atoms with Crippen molar-refractivity contribution >= 4 is 11.9 Å². The molecule has 0 aromatic carbocycles. The highest BCUT2D eigenvalue weighted by Crippen LogP contribution is 2.27. The molecule has 8 heteroatoms. The Morgan fingerprint density at radius 3 is 1.17 bits per heavy atom. The third-order valence-corrected chi connectivity index (χ3v) is 3.27. The Kier molecular flexibility index (Phi) is 13.7. The van der Waals surface area contributed by atoms with E-state index in [1.54, 1.807) is 0 Å². The van der Waals surface area contributed by atoms with Crippen LogP contribution in [0.3, 0.4) is 0 Å². The number of carboxylic acids is 2. The Morgan fingerprint density at radius 2 is 1.08 bits per heavy atom. The molecule has 0 heterocycles. The SMILES string of the molecule is C=C(C#N)C(=O)O.C=C(C#N)C(=O)O.OCC1CCC(CO)CC1. The smallest absolute Gasteiger partial charge is 0.345 e. The van der Waals surface area contributed by atoms with Crippen molar-refractivity contribution in [3.05, 3.63) is 24.3 Å². The average molecular weight is 338 g/mol. The zero-order valence-electron chi connectivity index (χ0n) is 13.3. The Bertz CT molecular complexity index is 474. The minimum atomic E-state index is -1.26. The summed E-state index contributed by atoms with van der Waals surface area (Å²) in [6, 6.07) is 2.74. The molecule has 1 saturated carbocycles. The Morgan fingerprint density at radius 1 is 0.833 bits per heavy atom. The number of hydrogen-bond donors (Lipinski definition) is 4. The molecule has 1 aliphatic rings. The van der Waals surface area contributed by atoms with Gasteiger partial charge < -0.3 is 20.4 Å². The second kappa shape index (κ2) is 13.9. The van der Waals surface area contributed by atoms with Crippen molar-refractivity contribution < 1.29 is 30.0 Å². The Hall–Kier alpha value is -2.68. The van der Waals surface area contributed by atoms with Gasteiger partial charge in [-0.3, -0.25) is 0 Å². The molecular formula is C16H22N2O6. The maximum atomic E-state index is 9.61. The zero-order valence-corrected chi connectivity index (χ0v) is 13.3. The lowest BCUT2D eigenvalue weighted by Crippen LogP contribution is -2.19. The van der Waals surface area contributed by atoms with Crippen molar-refractivity contribution in [2.45, 2.75) is 25.7 Å². The number of nitriles is 2. The highest BCUT2D eigenvalue weighted by molar-refractivity contribution is 5.90. The molecular weight excluding hydrogens is 316 g/mol. The van der Waals surface area contributed by atoms with E-state index in [2.05, 4.69) is 13.2 Å². The van der Waals surface area contributed by atoms with Crippen molar-refractivity contribution in [3.63, 3.8) is 0 Å². The first kappa shape index (κ1) is 23.6. The number of aliphatic hydroxyl groups excluding tert-OH is 2. The number of hydrogen-bond acceptors (Lipinski definition) is 6. The van der Waals surface area contributed by atoms with Crippen LogP contribution >= 0.6 is 0 Å². The molecule has 132 valence electrons. The third-order valence-electron chi connectivity index (χ3n) is 3.27. The molecule has 1 aliphatic carbocycles. The first-order valence-electron chi connectivity index (χ1n) is 7.09. The zero-order chi connectivity index (χ0) is 19.1. The highest BCUT2D eigenvalue weighted by Gasteiger charge is 2.19. The summed E-state index contributed by atoms with van der Waals surface area (Å²) in [5.41, 5.74) is -0.861. The van der Waals surface area contributed by atoms with E-state index in [4.69, 9.17) is 30.9 Å². The van der Waals surface area contributed by atoms with Crippen molar-refractivity contribution in [3.8, 4) is 12.1 Å². The lowest BCUT2D eigenvalue weighted by molar-refractivity contribution is -0.133. The van der Waals surface area contributed by atoms with E-state index in [0.717, 1.165) is 25.7 Å². The quantitative estimate of drug-likeness (QED) is 0.437.